The maximum atomic E-state index is 16.0. The Morgan fingerprint density at radius 3 is 2.62 bits per heavy atom. The fraction of sp³-hybridized carbons (Fsp3) is 0.565. The van der Waals surface area contributed by atoms with Crippen LogP contribution in [0.2, 0.25) is 0 Å². The molecule has 1 aromatic heterocycles. The number of aromatic carboxylic acids is 1. The van der Waals surface area contributed by atoms with Crippen LogP contribution < -0.4 is 10.3 Å². The van der Waals surface area contributed by atoms with Crippen LogP contribution in [0.25, 0.3) is 10.9 Å². The molecule has 0 amide bonds. The summed E-state index contributed by atoms with van der Waals surface area (Å²) in [5, 5.41) is 9.29. The highest BCUT2D eigenvalue weighted by Crippen LogP contribution is 2.35. The molecule has 2 fully saturated rings. The summed E-state index contributed by atoms with van der Waals surface area (Å²) >= 11 is 0. The minimum absolute atomic E-state index is 0.0149. The first-order chi connectivity index (χ1) is 15.3. The number of rotatable bonds is 5. The Bertz CT molecular complexity index is 1080. The monoisotopic (exact) mass is 449 g/mol. The van der Waals surface area contributed by atoms with Gasteiger partial charge in [-0.25, -0.2) is 13.6 Å². The number of halogens is 2. The van der Waals surface area contributed by atoms with Gasteiger partial charge in [-0.15, -0.1) is 0 Å². The molecule has 174 valence electrons. The molecule has 9 heteroatoms. The number of fused-ring (bicyclic) bond motifs is 1. The number of carbonyl (C=O) groups is 1. The average molecular weight is 449 g/mol. The molecular weight excluding hydrogens is 420 g/mol. The number of pyridine rings is 1. The summed E-state index contributed by atoms with van der Waals surface area (Å²) < 4.78 is 38.5. The van der Waals surface area contributed by atoms with Crippen molar-refractivity contribution in [1.82, 2.24) is 9.47 Å². The molecule has 1 N–H and O–H groups in total. The molecule has 1 unspecified atom stereocenters. The predicted octanol–water partition coefficient (Wildman–Crippen LogP) is 3.25. The topological polar surface area (TPSA) is 75.0 Å². The van der Waals surface area contributed by atoms with Gasteiger partial charge in [0.05, 0.1) is 23.6 Å². The Kier molecular flexibility index (Phi) is 6.48. The van der Waals surface area contributed by atoms with E-state index in [0.717, 1.165) is 38.2 Å². The summed E-state index contributed by atoms with van der Waals surface area (Å²) in [4.78, 5) is 28.1. The van der Waals surface area contributed by atoms with Gasteiger partial charge in [0.15, 0.2) is 5.82 Å². The van der Waals surface area contributed by atoms with Gasteiger partial charge in [0, 0.05) is 31.9 Å². The summed E-state index contributed by atoms with van der Waals surface area (Å²) in [6.07, 6.45) is 5.48. The molecule has 0 radical (unpaired) electrons. The highest BCUT2D eigenvalue weighted by atomic mass is 19.1. The first kappa shape index (κ1) is 22.7. The van der Waals surface area contributed by atoms with Crippen LogP contribution in [0.1, 0.15) is 48.5 Å². The predicted molar refractivity (Wildman–Crippen MR) is 118 cm³/mol. The summed E-state index contributed by atoms with van der Waals surface area (Å²) in [6, 6.07) is 0.863. The van der Waals surface area contributed by atoms with Gasteiger partial charge in [-0.3, -0.25) is 4.79 Å². The molecule has 1 aliphatic heterocycles. The van der Waals surface area contributed by atoms with Crippen molar-refractivity contribution in [3.63, 3.8) is 0 Å². The van der Waals surface area contributed by atoms with Crippen molar-refractivity contribution in [3.8, 4) is 0 Å². The molecule has 1 saturated carbocycles. The minimum atomic E-state index is -1.40. The largest absolute Gasteiger partial charge is 0.477 e. The number of carboxylic acid groups (broad SMARTS) is 1. The van der Waals surface area contributed by atoms with Gasteiger partial charge in [-0.2, -0.15) is 0 Å². The third kappa shape index (κ3) is 4.23. The van der Waals surface area contributed by atoms with E-state index in [1.165, 1.54) is 6.20 Å². The van der Waals surface area contributed by atoms with E-state index in [9.17, 15) is 14.7 Å². The summed E-state index contributed by atoms with van der Waals surface area (Å²) in [5.74, 6) is -3.08. The van der Waals surface area contributed by atoms with Crippen molar-refractivity contribution in [2.75, 3.05) is 45.2 Å². The van der Waals surface area contributed by atoms with E-state index < -0.39 is 28.6 Å². The molecular formula is C23H29F2N3O4. The van der Waals surface area contributed by atoms with E-state index >= 15 is 8.78 Å². The van der Waals surface area contributed by atoms with Gasteiger partial charge >= 0.3 is 5.97 Å². The number of hydrogen-bond acceptors (Lipinski definition) is 5. The molecule has 32 heavy (non-hydrogen) atoms. The van der Waals surface area contributed by atoms with Crippen LogP contribution in [0, 0.1) is 11.6 Å². The second-order valence-corrected chi connectivity index (χ2v) is 8.99. The zero-order valence-corrected chi connectivity index (χ0v) is 18.4. The van der Waals surface area contributed by atoms with Gasteiger partial charge in [0.25, 0.3) is 0 Å². The molecule has 0 spiro atoms. The first-order valence-corrected chi connectivity index (χ1v) is 11.1. The summed E-state index contributed by atoms with van der Waals surface area (Å²) in [5.41, 5.74) is -1.53. The molecule has 0 bridgehead atoms. The lowest BCUT2D eigenvalue weighted by Gasteiger charge is -2.36. The lowest BCUT2D eigenvalue weighted by Crippen LogP contribution is -2.47. The van der Waals surface area contributed by atoms with E-state index in [1.54, 1.807) is 9.47 Å². The number of likely N-dealkylation sites (N-methyl/N-ethyl adjacent to an activating group) is 1. The van der Waals surface area contributed by atoms with Crippen molar-refractivity contribution in [2.24, 2.45) is 0 Å². The highest BCUT2D eigenvalue weighted by molar-refractivity contribution is 5.94. The number of nitrogens with zero attached hydrogens (tertiary/aromatic N) is 3. The Balaban J connectivity index is 1.88. The van der Waals surface area contributed by atoms with Gasteiger partial charge in [0.2, 0.25) is 5.43 Å². The Hall–Kier alpha value is -2.52. The number of morpholine rings is 1. The van der Waals surface area contributed by atoms with Crippen molar-refractivity contribution in [2.45, 2.75) is 44.2 Å². The zero-order valence-electron chi connectivity index (χ0n) is 18.4. The quantitative estimate of drug-likeness (QED) is 0.756. The van der Waals surface area contributed by atoms with Crippen molar-refractivity contribution < 1.29 is 23.4 Å². The van der Waals surface area contributed by atoms with Gasteiger partial charge in [-0.05, 0) is 33.0 Å². The normalized spacial score (nSPS) is 20.3. The molecule has 1 aromatic carbocycles. The van der Waals surface area contributed by atoms with E-state index in [4.69, 9.17) is 4.74 Å². The van der Waals surface area contributed by atoms with E-state index in [1.807, 2.05) is 19.0 Å². The number of aromatic nitrogens is 1. The lowest BCUT2D eigenvalue weighted by atomic mass is 9.94. The molecule has 2 aromatic rings. The first-order valence-electron chi connectivity index (χ1n) is 11.1. The minimum Gasteiger partial charge on any atom is -0.477 e. The van der Waals surface area contributed by atoms with Gasteiger partial charge in [0.1, 0.15) is 17.1 Å². The van der Waals surface area contributed by atoms with Crippen LogP contribution >= 0.6 is 0 Å². The number of carboxylic acids is 1. The second kappa shape index (κ2) is 9.15. The molecule has 2 heterocycles. The highest BCUT2D eigenvalue weighted by Gasteiger charge is 2.30. The lowest BCUT2D eigenvalue weighted by molar-refractivity contribution is 0.0244. The van der Waals surface area contributed by atoms with Crippen molar-refractivity contribution >= 4 is 22.6 Å². The van der Waals surface area contributed by atoms with E-state index in [2.05, 4.69) is 0 Å². The van der Waals surface area contributed by atoms with E-state index in [0.29, 0.717) is 26.2 Å². The molecule has 1 aliphatic carbocycles. The van der Waals surface area contributed by atoms with Crippen LogP contribution in [0.3, 0.4) is 0 Å². The molecule has 7 nitrogen and oxygen atoms in total. The van der Waals surface area contributed by atoms with Gasteiger partial charge < -0.3 is 24.2 Å². The average Bonchev–Trinajstić information content (AvgIpc) is 2.74. The number of benzene rings is 1. The summed E-state index contributed by atoms with van der Waals surface area (Å²) in [7, 11) is 3.81. The second-order valence-electron chi connectivity index (χ2n) is 8.99. The molecule has 1 atom stereocenters. The Labute approximate surface area is 185 Å². The van der Waals surface area contributed by atoms with Crippen LogP contribution in [0.15, 0.2) is 17.1 Å². The third-order valence-corrected chi connectivity index (χ3v) is 6.41. The summed E-state index contributed by atoms with van der Waals surface area (Å²) in [6.45, 7) is 1.59. The fourth-order valence-electron chi connectivity index (χ4n) is 4.96. The smallest absolute Gasteiger partial charge is 0.341 e. The Morgan fingerprint density at radius 1 is 1.25 bits per heavy atom. The van der Waals surface area contributed by atoms with Crippen LogP contribution in [-0.2, 0) is 4.74 Å². The molecule has 2 aliphatic rings. The fourth-order valence-corrected chi connectivity index (χ4v) is 4.96. The van der Waals surface area contributed by atoms with Crippen LogP contribution in [-0.4, -0.2) is 67.0 Å². The van der Waals surface area contributed by atoms with Crippen LogP contribution in [0.4, 0.5) is 14.5 Å². The third-order valence-electron chi connectivity index (χ3n) is 6.41. The van der Waals surface area contributed by atoms with Crippen molar-refractivity contribution in [3.05, 3.63) is 39.7 Å². The Morgan fingerprint density at radius 2 is 1.97 bits per heavy atom. The zero-order chi connectivity index (χ0) is 23.0. The number of anilines is 1. The van der Waals surface area contributed by atoms with Crippen molar-refractivity contribution in [1.29, 1.82) is 0 Å². The maximum absolute atomic E-state index is 16.0. The SMILES string of the molecule is CN(C)CC1CN(c2c(F)cc3c(=O)c(C(=O)O)cn(C4CCCCC4)c3c2F)CCO1. The molecule has 4 rings (SSSR count). The number of ether oxygens (including phenoxy) is 1. The number of hydrogen-bond donors (Lipinski definition) is 1. The molecule has 1 saturated heterocycles. The van der Waals surface area contributed by atoms with Crippen LogP contribution in [0.5, 0.6) is 0 Å². The standard InChI is InChI=1S/C23H29F2N3O4/c1-26(2)11-15-12-27(8-9-32-15)21-18(24)10-16-20(19(21)25)28(14-6-4-3-5-7-14)13-17(22(16)29)23(30)31/h10,13-15H,3-9,11-12H2,1-2H3,(H,30,31). The van der Waals surface area contributed by atoms with Gasteiger partial charge in [-0.1, -0.05) is 19.3 Å². The van der Waals surface area contributed by atoms with E-state index in [-0.39, 0.29) is 28.7 Å². The maximum Gasteiger partial charge on any atom is 0.341 e.